The van der Waals surface area contributed by atoms with Gasteiger partial charge in [0.25, 0.3) is 6.47 Å². The second-order valence-corrected chi connectivity index (χ2v) is 7.00. The topological polar surface area (TPSA) is 73.9 Å². The lowest BCUT2D eigenvalue weighted by Gasteiger charge is -2.44. The minimum Gasteiger partial charge on any atom is -0.466 e. The van der Waals surface area contributed by atoms with E-state index >= 15 is 0 Å². The number of allylic oxidation sites excluding steroid dienone is 1. The molecule has 1 aliphatic carbocycles. The number of hydrogen-bond acceptors (Lipinski definition) is 5. The van der Waals surface area contributed by atoms with E-state index < -0.39 is 6.09 Å². The van der Waals surface area contributed by atoms with Gasteiger partial charge in [-0.15, -0.1) is 6.58 Å². The third-order valence-electron chi connectivity index (χ3n) is 4.54. The lowest BCUT2D eigenvalue weighted by molar-refractivity contribution is -0.128. The summed E-state index contributed by atoms with van der Waals surface area (Å²) in [5.74, 6) is 0.437. The van der Waals surface area contributed by atoms with Crippen LogP contribution in [0.2, 0.25) is 0 Å². The van der Waals surface area contributed by atoms with Crippen molar-refractivity contribution in [2.24, 2.45) is 5.92 Å². The summed E-state index contributed by atoms with van der Waals surface area (Å²) in [6.45, 7) is 9.61. The summed E-state index contributed by atoms with van der Waals surface area (Å²) in [4.78, 5) is 22.0. The van der Waals surface area contributed by atoms with E-state index in [1.165, 1.54) is 24.8 Å². The maximum Gasteiger partial charge on any atom is 0.407 e. The molecule has 1 aliphatic heterocycles. The van der Waals surface area contributed by atoms with Crippen LogP contribution in [0.3, 0.4) is 0 Å². The molecule has 0 unspecified atom stereocenters. The molecule has 0 radical (unpaired) electrons. The number of carbonyl (C=O) groups is 2. The molecule has 6 nitrogen and oxygen atoms in total. The Hall–Kier alpha value is -1.56. The summed E-state index contributed by atoms with van der Waals surface area (Å²) in [6, 6.07) is 0. The molecule has 1 amide bonds. The van der Waals surface area contributed by atoms with Crippen LogP contribution in [0, 0.1) is 5.92 Å². The normalized spacial score (nSPS) is 19.8. The maximum absolute atomic E-state index is 12.0. The zero-order valence-electron chi connectivity index (χ0n) is 15.7. The van der Waals surface area contributed by atoms with Crippen LogP contribution in [0.1, 0.15) is 58.8 Å². The van der Waals surface area contributed by atoms with Crippen molar-refractivity contribution in [3.8, 4) is 0 Å². The van der Waals surface area contributed by atoms with Crippen molar-refractivity contribution in [2.45, 2.75) is 64.4 Å². The number of carbonyl (C=O) groups excluding carboxylic acids is 2. The summed E-state index contributed by atoms with van der Waals surface area (Å²) < 4.78 is 15.8. The number of rotatable bonds is 6. The van der Waals surface area contributed by atoms with E-state index in [0.29, 0.717) is 25.6 Å². The van der Waals surface area contributed by atoms with Gasteiger partial charge in [-0.3, -0.25) is 4.79 Å². The van der Waals surface area contributed by atoms with Gasteiger partial charge in [-0.25, -0.2) is 4.79 Å². The maximum atomic E-state index is 12.0. The van der Waals surface area contributed by atoms with Gasteiger partial charge in [0.15, 0.2) is 0 Å². The van der Waals surface area contributed by atoms with Crippen LogP contribution in [0.15, 0.2) is 12.2 Å². The zero-order valence-corrected chi connectivity index (χ0v) is 15.7. The molecule has 6 heteroatoms. The van der Waals surface area contributed by atoms with Crippen LogP contribution >= 0.6 is 0 Å². The van der Waals surface area contributed by atoms with Crippen molar-refractivity contribution >= 4 is 12.6 Å². The quantitative estimate of drug-likeness (QED) is 0.448. The minimum absolute atomic E-state index is 0.165. The smallest absolute Gasteiger partial charge is 0.407 e. The van der Waals surface area contributed by atoms with Crippen molar-refractivity contribution in [1.82, 2.24) is 5.32 Å². The van der Waals surface area contributed by atoms with Crippen molar-refractivity contribution < 1.29 is 23.8 Å². The van der Waals surface area contributed by atoms with E-state index in [1.54, 1.807) is 0 Å². The second kappa shape index (κ2) is 11.9. The van der Waals surface area contributed by atoms with Gasteiger partial charge in [0.2, 0.25) is 0 Å². The highest BCUT2D eigenvalue weighted by molar-refractivity contribution is 5.67. The van der Waals surface area contributed by atoms with Crippen LogP contribution in [-0.4, -0.2) is 44.5 Å². The first-order chi connectivity index (χ1) is 12.0. The summed E-state index contributed by atoms with van der Waals surface area (Å²) in [5.41, 5.74) is 0.786. The van der Waals surface area contributed by atoms with E-state index in [1.807, 2.05) is 13.8 Å². The molecule has 144 valence electrons. The molecule has 25 heavy (non-hydrogen) atoms. The molecule has 0 aromatic heterocycles. The van der Waals surface area contributed by atoms with Crippen molar-refractivity contribution in [3.63, 3.8) is 0 Å². The Morgan fingerprint density at radius 3 is 2.40 bits per heavy atom. The van der Waals surface area contributed by atoms with Crippen LogP contribution in [0.5, 0.6) is 0 Å². The summed E-state index contributed by atoms with van der Waals surface area (Å²) >= 11 is 0. The number of alkyl carbamates (subject to hydrolysis) is 1. The predicted octanol–water partition coefficient (Wildman–Crippen LogP) is 3.60. The van der Waals surface area contributed by atoms with Gasteiger partial charge in [-0.1, -0.05) is 24.8 Å². The van der Waals surface area contributed by atoms with E-state index in [4.69, 9.17) is 9.47 Å². The van der Waals surface area contributed by atoms with Gasteiger partial charge < -0.3 is 19.5 Å². The average Bonchev–Trinajstić information content (AvgIpc) is 2.60. The molecule has 0 spiro atoms. The first kappa shape index (κ1) is 21.5. The molecule has 0 bridgehead atoms. The van der Waals surface area contributed by atoms with E-state index in [0.717, 1.165) is 25.7 Å². The van der Waals surface area contributed by atoms with Gasteiger partial charge in [0.05, 0.1) is 19.8 Å². The largest absolute Gasteiger partial charge is 0.466 e. The monoisotopic (exact) mass is 355 g/mol. The molecule has 2 aliphatic rings. The van der Waals surface area contributed by atoms with Crippen LogP contribution in [0.4, 0.5) is 4.79 Å². The summed E-state index contributed by atoms with van der Waals surface area (Å²) in [6.07, 6.45) is 7.08. The van der Waals surface area contributed by atoms with Crippen molar-refractivity contribution in [1.29, 1.82) is 0 Å². The number of ether oxygens (including phenoxy) is 3. The van der Waals surface area contributed by atoms with Crippen LogP contribution in [0.25, 0.3) is 0 Å². The molecule has 1 N–H and O–H groups in total. The third-order valence-corrected chi connectivity index (χ3v) is 4.54. The van der Waals surface area contributed by atoms with Crippen LogP contribution in [-0.2, 0) is 19.0 Å². The Morgan fingerprint density at radius 2 is 1.84 bits per heavy atom. The number of amides is 1. The van der Waals surface area contributed by atoms with Gasteiger partial charge >= 0.3 is 6.09 Å². The van der Waals surface area contributed by atoms with Gasteiger partial charge in [0.1, 0.15) is 12.2 Å². The highest BCUT2D eigenvalue weighted by Crippen LogP contribution is 2.41. The fourth-order valence-corrected chi connectivity index (χ4v) is 3.42. The average molecular weight is 355 g/mol. The lowest BCUT2D eigenvalue weighted by atomic mass is 9.73. The Labute approximate surface area is 151 Å². The van der Waals surface area contributed by atoms with E-state index in [-0.39, 0.29) is 18.8 Å². The highest BCUT2D eigenvalue weighted by Gasteiger charge is 2.44. The molecule has 1 saturated heterocycles. The summed E-state index contributed by atoms with van der Waals surface area (Å²) in [5, 5.41) is 2.64. The third kappa shape index (κ3) is 8.38. The first-order valence-electron chi connectivity index (χ1n) is 9.22. The fraction of sp³-hybridized carbons (Fsp3) is 0.789. The zero-order chi connectivity index (χ0) is 18.5. The molecule has 0 atom stereocenters. The first-order valence-corrected chi connectivity index (χ1v) is 9.22. The van der Waals surface area contributed by atoms with Gasteiger partial charge in [-0.05, 0) is 32.6 Å². The lowest BCUT2D eigenvalue weighted by Crippen LogP contribution is -2.49. The van der Waals surface area contributed by atoms with Gasteiger partial charge in [0, 0.05) is 12.8 Å². The van der Waals surface area contributed by atoms with Crippen molar-refractivity contribution in [2.75, 3.05) is 26.4 Å². The molecule has 2 rings (SSSR count). The Balaban J connectivity index is 0.000000705. The Bertz CT molecular complexity index is 408. The number of nitrogens with one attached hydrogen (secondary N) is 1. The molecule has 0 aromatic carbocycles. The minimum atomic E-state index is -0.419. The van der Waals surface area contributed by atoms with Crippen LogP contribution < -0.4 is 5.32 Å². The Kier molecular flexibility index (Phi) is 10.2. The molecular weight excluding hydrogens is 322 g/mol. The van der Waals surface area contributed by atoms with E-state index in [2.05, 4.69) is 16.6 Å². The molecule has 1 saturated carbocycles. The Morgan fingerprint density at radius 1 is 1.24 bits per heavy atom. The second-order valence-electron chi connectivity index (χ2n) is 7.00. The molecule has 0 aromatic rings. The van der Waals surface area contributed by atoms with E-state index in [9.17, 15) is 9.59 Å². The van der Waals surface area contributed by atoms with Gasteiger partial charge in [-0.2, -0.15) is 0 Å². The standard InChI is InChI=1S/C15H25NO5.C4H8/c17-12-20-11-8-16-14(18)21-15(6-9-19-10-7-15)13-4-2-1-3-5-13;1-4(2)3/h12-13H,1-11H2,(H,16,18);1H2,2-3H3. The molecule has 1 heterocycles. The number of hydrogen-bond donors (Lipinski definition) is 1. The highest BCUT2D eigenvalue weighted by atomic mass is 16.6. The predicted molar refractivity (Wildman–Crippen MR) is 96.3 cm³/mol. The molecule has 2 fully saturated rings. The fourth-order valence-electron chi connectivity index (χ4n) is 3.42. The SMILES string of the molecule is C=C(C)C.O=COCCNC(=O)OC1(C2CCCCC2)CCOCC1. The summed E-state index contributed by atoms with van der Waals surface area (Å²) in [7, 11) is 0. The molecular formula is C19H33NO5. The van der Waals surface area contributed by atoms with Crippen molar-refractivity contribution in [3.05, 3.63) is 12.2 Å².